The van der Waals surface area contributed by atoms with Crippen LogP contribution in [0, 0.1) is 0 Å². The zero-order valence-corrected chi connectivity index (χ0v) is 16.0. The fraction of sp³-hybridized carbons (Fsp3) is 0.238. The first-order chi connectivity index (χ1) is 13.7. The van der Waals surface area contributed by atoms with Gasteiger partial charge in [0.2, 0.25) is 5.75 Å². The van der Waals surface area contributed by atoms with E-state index in [1.807, 2.05) is 18.2 Å². The van der Waals surface area contributed by atoms with Gasteiger partial charge < -0.3 is 19.5 Å². The molecule has 7 heteroatoms. The summed E-state index contributed by atoms with van der Waals surface area (Å²) >= 11 is 0. The summed E-state index contributed by atoms with van der Waals surface area (Å²) < 4.78 is 16.0. The van der Waals surface area contributed by atoms with E-state index in [0.717, 1.165) is 29.7 Å². The van der Waals surface area contributed by atoms with E-state index in [4.69, 9.17) is 14.2 Å². The third-order valence-electron chi connectivity index (χ3n) is 4.93. The monoisotopic (exact) mass is 379 g/mol. The number of carbonyl (C=O) groups excluding carboxylic acids is 1. The first-order valence-electron chi connectivity index (χ1n) is 8.93. The van der Waals surface area contributed by atoms with E-state index < -0.39 is 0 Å². The SMILES string of the molecule is COc1cc(NC(=O)c2[nH]nc3c2CCc2ccccc2-3)cc(OC)c1OC. The molecule has 3 aromatic rings. The lowest BCUT2D eigenvalue weighted by molar-refractivity contribution is 0.102. The van der Waals surface area contributed by atoms with Crippen LogP contribution < -0.4 is 19.5 Å². The summed E-state index contributed by atoms with van der Waals surface area (Å²) in [7, 11) is 4.60. The standard InChI is InChI=1S/C21H21N3O4/c1-26-16-10-13(11-17(27-2)20(16)28-3)22-21(25)19-15-9-8-12-6-4-5-7-14(12)18(15)23-24-19/h4-7,10-11H,8-9H2,1-3H3,(H,22,25)(H,23,24). The number of ether oxygens (including phenoxy) is 3. The summed E-state index contributed by atoms with van der Waals surface area (Å²) in [5.41, 5.74) is 5.11. The number of aromatic amines is 1. The van der Waals surface area contributed by atoms with E-state index >= 15 is 0 Å². The maximum absolute atomic E-state index is 12.9. The fourth-order valence-electron chi connectivity index (χ4n) is 3.60. The van der Waals surface area contributed by atoms with Crippen molar-refractivity contribution in [3.05, 3.63) is 53.2 Å². The van der Waals surface area contributed by atoms with Gasteiger partial charge in [-0.15, -0.1) is 0 Å². The van der Waals surface area contributed by atoms with Crippen LogP contribution in [0.4, 0.5) is 5.69 Å². The highest BCUT2D eigenvalue weighted by molar-refractivity contribution is 6.05. The second kappa shape index (κ2) is 7.26. The number of anilines is 1. The van der Waals surface area contributed by atoms with E-state index in [0.29, 0.717) is 28.6 Å². The molecule has 2 N–H and O–H groups in total. The minimum Gasteiger partial charge on any atom is -0.493 e. The van der Waals surface area contributed by atoms with Gasteiger partial charge in [-0.05, 0) is 18.4 Å². The molecule has 0 spiro atoms. The highest BCUT2D eigenvalue weighted by atomic mass is 16.5. The number of hydrogen-bond donors (Lipinski definition) is 2. The number of nitrogens with zero attached hydrogens (tertiary/aromatic N) is 1. The number of rotatable bonds is 5. The molecule has 0 radical (unpaired) electrons. The summed E-state index contributed by atoms with van der Waals surface area (Å²) in [4.78, 5) is 12.9. The zero-order valence-electron chi connectivity index (χ0n) is 16.0. The van der Waals surface area contributed by atoms with Crippen molar-refractivity contribution in [1.29, 1.82) is 0 Å². The predicted molar refractivity (Wildman–Crippen MR) is 105 cm³/mol. The van der Waals surface area contributed by atoms with E-state index in [2.05, 4.69) is 21.6 Å². The number of benzene rings is 2. The van der Waals surface area contributed by atoms with Crippen molar-refractivity contribution in [3.8, 4) is 28.5 Å². The Labute approximate surface area is 162 Å². The number of methoxy groups -OCH3 is 3. The lowest BCUT2D eigenvalue weighted by Gasteiger charge is -2.16. The van der Waals surface area contributed by atoms with Crippen molar-refractivity contribution in [2.75, 3.05) is 26.6 Å². The van der Waals surface area contributed by atoms with Crippen molar-refractivity contribution >= 4 is 11.6 Å². The molecule has 144 valence electrons. The molecule has 0 unspecified atom stereocenters. The quantitative estimate of drug-likeness (QED) is 0.709. The van der Waals surface area contributed by atoms with Gasteiger partial charge in [-0.25, -0.2) is 0 Å². The van der Waals surface area contributed by atoms with Gasteiger partial charge in [0.15, 0.2) is 11.5 Å². The molecule has 0 atom stereocenters. The van der Waals surface area contributed by atoms with Crippen molar-refractivity contribution in [2.45, 2.75) is 12.8 Å². The van der Waals surface area contributed by atoms with E-state index in [-0.39, 0.29) is 5.91 Å². The smallest absolute Gasteiger partial charge is 0.273 e. The van der Waals surface area contributed by atoms with E-state index in [1.165, 1.54) is 26.9 Å². The number of H-pyrrole nitrogens is 1. The minimum absolute atomic E-state index is 0.262. The Morgan fingerprint density at radius 2 is 1.75 bits per heavy atom. The summed E-state index contributed by atoms with van der Waals surface area (Å²) in [5.74, 6) is 1.15. The molecule has 1 aliphatic carbocycles. The lowest BCUT2D eigenvalue weighted by Crippen LogP contribution is -2.16. The molecule has 1 aromatic heterocycles. The van der Waals surface area contributed by atoms with Gasteiger partial charge in [0.05, 0.1) is 27.0 Å². The second-order valence-corrected chi connectivity index (χ2v) is 6.45. The molecule has 7 nitrogen and oxygen atoms in total. The average molecular weight is 379 g/mol. The van der Waals surface area contributed by atoms with E-state index in [9.17, 15) is 4.79 Å². The lowest BCUT2D eigenvalue weighted by atomic mass is 9.89. The topological polar surface area (TPSA) is 85.5 Å². The molecule has 0 aliphatic heterocycles. The average Bonchev–Trinajstić information content (AvgIpc) is 3.17. The first-order valence-corrected chi connectivity index (χ1v) is 8.93. The summed E-state index contributed by atoms with van der Waals surface area (Å²) in [5, 5.41) is 10.2. The van der Waals surface area contributed by atoms with Gasteiger partial charge in [-0.3, -0.25) is 9.89 Å². The van der Waals surface area contributed by atoms with Crippen LogP contribution in [0.25, 0.3) is 11.3 Å². The molecule has 0 fully saturated rings. The molecule has 4 rings (SSSR count). The Hall–Kier alpha value is -3.48. The predicted octanol–water partition coefficient (Wildman–Crippen LogP) is 3.45. The maximum atomic E-state index is 12.9. The second-order valence-electron chi connectivity index (χ2n) is 6.45. The molecule has 2 aromatic carbocycles. The van der Waals surface area contributed by atoms with Gasteiger partial charge in [0.25, 0.3) is 5.91 Å². The molecule has 0 bridgehead atoms. The van der Waals surface area contributed by atoms with Gasteiger partial charge in [-0.1, -0.05) is 24.3 Å². The third kappa shape index (κ3) is 2.94. The van der Waals surface area contributed by atoms with Crippen molar-refractivity contribution < 1.29 is 19.0 Å². The highest BCUT2D eigenvalue weighted by Crippen LogP contribution is 2.40. The molecule has 1 aliphatic rings. The normalized spacial score (nSPS) is 12.0. The van der Waals surface area contributed by atoms with Crippen LogP contribution in [-0.4, -0.2) is 37.4 Å². The molecule has 0 saturated carbocycles. The Bertz CT molecular complexity index is 1020. The summed E-state index contributed by atoms with van der Waals surface area (Å²) in [6.07, 6.45) is 1.65. The van der Waals surface area contributed by atoms with Crippen LogP contribution in [-0.2, 0) is 12.8 Å². The number of aryl methyl sites for hydroxylation is 1. The molecular formula is C21H21N3O4. The first kappa shape index (κ1) is 17.9. The van der Waals surface area contributed by atoms with Crippen LogP contribution >= 0.6 is 0 Å². The van der Waals surface area contributed by atoms with Crippen molar-refractivity contribution in [2.24, 2.45) is 0 Å². The summed E-state index contributed by atoms with van der Waals surface area (Å²) in [6.45, 7) is 0. The minimum atomic E-state index is -0.262. The van der Waals surface area contributed by atoms with Crippen LogP contribution in [0.1, 0.15) is 21.6 Å². The van der Waals surface area contributed by atoms with Crippen LogP contribution in [0.5, 0.6) is 17.2 Å². The van der Waals surface area contributed by atoms with Gasteiger partial charge >= 0.3 is 0 Å². The molecule has 1 amide bonds. The number of fused-ring (bicyclic) bond motifs is 3. The molecule has 0 saturated heterocycles. The molecular weight excluding hydrogens is 358 g/mol. The number of carbonyl (C=O) groups is 1. The largest absolute Gasteiger partial charge is 0.493 e. The van der Waals surface area contributed by atoms with Gasteiger partial charge in [0.1, 0.15) is 5.69 Å². The van der Waals surface area contributed by atoms with Crippen LogP contribution in [0.15, 0.2) is 36.4 Å². The zero-order chi connectivity index (χ0) is 19.7. The number of amides is 1. The maximum Gasteiger partial charge on any atom is 0.273 e. The summed E-state index contributed by atoms with van der Waals surface area (Å²) in [6, 6.07) is 11.5. The van der Waals surface area contributed by atoms with Gasteiger partial charge in [0, 0.05) is 28.9 Å². The van der Waals surface area contributed by atoms with Crippen molar-refractivity contribution in [3.63, 3.8) is 0 Å². The molecule has 28 heavy (non-hydrogen) atoms. The van der Waals surface area contributed by atoms with Crippen LogP contribution in [0.2, 0.25) is 0 Å². The van der Waals surface area contributed by atoms with Crippen LogP contribution in [0.3, 0.4) is 0 Å². The third-order valence-corrected chi connectivity index (χ3v) is 4.93. The number of hydrogen-bond acceptors (Lipinski definition) is 5. The van der Waals surface area contributed by atoms with Gasteiger partial charge in [-0.2, -0.15) is 5.10 Å². The van der Waals surface area contributed by atoms with Crippen molar-refractivity contribution in [1.82, 2.24) is 10.2 Å². The number of aromatic nitrogens is 2. The highest BCUT2D eigenvalue weighted by Gasteiger charge is 2.25. The Morgan fingerprint density at radius 1 is 1.04 bits per heavy atom. The Balaban J connectivity index is 1.65. The van der Waals surface area contributed by atoms with E-state index in [1.54, 1.807) is 12.1 Å². The Morgan fingerprint density at radius 3 is 2.43 bits per heavy atom. The number of nitrogens with one attached hydrogen (secondary N) is 2. The Kier molecular flexibility index (Phi) is 4.65. The fourth-order valence-corrected chi connectivity index (χ4v) is 3.60. The molecule has 1 heterocycles.